The van der Waals surface area contributed by atoms with Gasteiger partial charge in [-0.25, -0.2) is 9.37 Å². The Labute approximate surface area is 172 Å². The molecule has 1 aliphatic rings. The van der Waals surface area contributed by atoms with Crippen molar-refractivity contribution < 1.29 is 14.0 Å². The molecule has 0 bridgehead atoms. The number of halogens is 1. The largest absolute Gasteiger partial charge is 0.348 e. The minimum Gasteiger partial charge on any atom is -0.348 e. The van der Waals surface area contributed by atoms with Crippen LogP contribution in [0.2, 0.25) is 0 Å². The molecular formula is C22H21FN4O3. The number of pyridine rings is 1. The SMILES string of the molecule is O=C(NCc1ccc(F)cc1)c1cccn2c(=O)c(NC(=O)C3CCCC3)cnc12. The zero-order valence-electron chi connectivity index (χ0n) is 16.2. The Bertz CT molecular complexity index is 1150. The van der Waals surface area contributed by atoms with E-state index in [1.54, 1.807) is 24.3 Å². The van der Waals surface area contributed by atoms with Gasteiger partial charge in [0.05, 0.1) is 11.8 Å². The number of carbonyl (C=O) groups excluding carboxylic acids is 2. The van der Waals surface area contributed by atoms with E-state index in [-0.39, 0.29) is 41.1 Å². The van der Waals surface area contributed by atoms with E-state index in [4.69, 9.17) is 0 Å². The summed E-state index contributed by atoms with van der Waals surface area (Å²) in [4.78, 5) is 42.0. The molecule has 0 unspecified atom stereocenters. The fourth-order valence-electron chi connectivity index (χ4n) is 3.67. The summed E-state index contributed by atoms with van der Waals surface area (Å²) in [5, 5.41) is 5.42. The zero-order valence-corrected chi connectivity index (χ0v) is 16.2. The summed E-state index contributed by atoms with van der Waals surface area (Å²) in [5.41, 5.74) is 0.808. The molecule has 2 amide bonds. The number of hydrogen-bond donors (Lipinski definition) is 2. The van der Waals surface area contributed by atoms with Crippen LogP contribution in [0.5, 0.6) is 0 Å². The molecule has 3 aromatic rings. The van der Waals surface area contributed by atoms with Crippen molar-refractivity contribution in [2.75, 3.05) is 5.32 Å². The average molecular weight is 408 g/mol. The van der Waals surface area contributed by atoms with E-state index in [9.17, 15) is 18.8 Å². The van der Waals surface area contributed by atoms with Crippen molar-refractivity contribution in [2.24, 2.45) is 5.92 Å². The van der Waals surface area contributed by atoms with Gasteiger partial charge >= 0.3 is 0 Å². The second kappa shape index (κ2) is 8.44. The summed E-state index contributed by atoms with van der Waals surface area (Å²) in [6, 6.07) is 8.95. The predicted octanol–water partition coefficient (Wildman–Crippen LogP) is 2.89. The number of nitrogens with one attached hydrogen (secondary N) is 2. The molecular weight excluding hydrogens is 387 g/mol. The highest BCUT2D eigenvalue weighted by molar-refractivity contribution is 6.00. The monoisotopic (exact) mass is 408 g/mol. The van der Waals surface area contributed by atoms with Crippen LogP contribution in [0, 0.1) is 11.7 Å². The lowest BCUT2D eigenvalue weighted by atomic mass is 10.1. The van der Waals surface area contributed by atoms with E-state index in [2.05, 4.69) is 15.6 Å². The first kappa shape index (κ1) is 19.8. The van der Waals surface area contributed by atoms with E-state index >= 15 is 0 Å². The topological polar surface area (TPSA) is 92.6 Å². The average Bonchev–Trinajstić information content (AvgIpc) is 3.30. The number of nitrogens with zero attached hydrogens (tertiary/aromatic N) is 2. The van der Waals surface area contributed by atoms with Gasteiger partial charge in [0.1, 0.15) is 11.5 Å². The quantitative estimate of drug-likeness (QED) is 0.679. The van der Waals surface area contributed by atoms with Crippen molar-refractivity contribution in [3.63, 3.8) is 0 Å². The molecule has 2 heterocycles. The molecule has 0 atom stereocenters. The molecule has 0 aliphatic heterocycles. The van der Waals surface area contributed by atoms with Gasteiger partial charge in [-0.2, -0.15) is 0 Å². The third-order valence-electron chi connectivity index (χ3n) is 5.33. The van der Waals surface area contributed by atoms with Crippen LogP contribution >= 0.6 is 0 Å². The summed E-state index contributed by atoms with van der Waals surface area (Å²) in [5.74, 6) is -1.00. The van der Waals surface area contributed by atoms with Crippen molar-refractivity contribution in [3.05, 3.63) is 76.1 Å². The number of hydrogen-bond acceptors (Lipinski definition) is 4. The fourth-order valence-corrected chi connectivity index (χ4v) is 3.67. The predicted molar refractivity (Wildman–Crippen MR) is 110 cm³/mol. The first-order valence-corrected chi connectivity index (χ1v) is 9.87. The number of fused-ring (bicyclic) bond motifs is 1. The Hall–Kier alpha value is -3.55. The van der Waals surface area contributed by atoms with E-state index in [0.717, 1.165) is 31.2 Å². The standard InChI is InChI=1S/C22H21FN4O3/c23-16-9-7-14(8-10-16)12-25-21(29)17-6-3-11-27-19(17)24-13-18(22(27)30)26-20(28)15-4-1-2-5-15/h3,6-11,13,15H,1-2,4-5,12H2,(H,25,29)(H,26,28). The third-order valence-corrected chi connectivity index (χ3v) is 5.33. The van der Waals surface area contributed by atoms with Crippen LogP contribution in [0.15, 0.2) is 53.6 Å². The fraction of sp³-hybridized carbons (Fsp3) is 0.273. The minimum atomic E-state index is -0.445. The molecule has 1 saturated carbocycles. The second-order valence-corrected chi connectivity index (χ2v) is 7.37. The highest BCUT2D eigenvalue weighted by Crippen LogP contribution is 2.25. The van der Waals surface area contributed by atoms with Crippen LogP contribution in [-0.4, -0.2) is 21.2 Å². The van der Waals surface area contributed by atoms with Crippen LogP contribution in [-0.2, 0) is 11.3 Å². The highest BCUT2D eigenvalue weighted by Gasteiger charge is 2.24. The van der Waals surface area contributed by atoms with E-state index in [1.807, 2.05) is 0 Å². The molecule has 2 aromatic heterocycles. The first-order chi connectivity index (χ1) is 14.5. The van der Waals surface area contributed by atoms with Gasteiger partial charge in [0, 0.05) is 18.7 Å². The van der Waals surface area contributed by atoms with Gasteiger partial charge in [-0.05, 0) is 42.7 Å². The van der Waals surface area contributed by atoms with Crippen LogP contribution in [0.4, 0.5) is 10.1 Å². The number of amides is 2. The smallest absolute Gasteiger partial charge is 0.281 e. The normalized spacial score (nSPS) is 14.0. The van der Waals surface area contributed by atoms with Gasteiger partial charge in [0.15, 0.2) is 5.65 Å². The maximum absolute atomic E-state index is 13.0. The molecule has 8 heteroatoms. The molecule has 1 aromatic carbocycles. The van der Waals surface area contributed by atoms with Crippen LogP contribution in [0.1, 0.15) is 41.6 Å². The number of carbonyl (C=O) groups is 2. The Balaban J connectivity index is 1.55. The molecule has 30 heavy (non-hydrogen) atoms. The number of benzene rings is 1. The Morgan fingerprint density at radius 2 is 1.87 bits per heavy atom. The van der Waals surface area contributed by atoms with Crippen LogP contribution in [0.3, 0.4) is 0 Å². The summed E-state index contributed by atoms with van der Waals surface area (Å²) >= 11 is 0. The lowest BCUT2D eigenvalue weighted by molar-refractivity contribution is -0.119. The van der Waals surface area contributed by atoms with Gasteiger partial charge in [-0.3, -0.25) is 18.8 Å². The Morgan fingerprint density at radius 1 is 1.13 bits per heavy atom. The maximum atomic E-state index is 13.0. The molecule has 1 aliphatic carbocycles. The van der Waals surface area contributed by atoms with Crippen molar-refractivity contribution >= 4 is 23.1 Å². The molecule has 2 N–H and O–H groups in total. The van der Waals surface area contributed by atoms with E-state index in [1.165, 1.54) is 28.9 Å². The summed E-state index contributed by atoms with van der Waals surface area (Å²) in [6.07, 6.45) is 6.49. The van der Waals surface area contributed by atoms with Gasteiger partial charge in [0.25, 0.3) is 11.5 Å². The molecule has 7 nitrogen and oxygen atoms in total. The maximum Gasteiger partial charge on any atom is 0.281 e. The van der Waals surface area contributed by atoms with Gasteiger partial charge in [-0.1, -0.05) is 25.0 Å². The number of rotatable bonds is 5. The number of aromatic nitrogens is 2. The van der Waals surface area contributed by atoms with Crippen LogP contribution < -0.4 is 16.2 Å². The van der Waals surface area contributed by atoms with E-state index in [0.29, 0.717) is 0 Å². The highest BCUT2D eigenvalue weighted by atomic mass is 19.1. The minimum absolute atomic E-state index is 0.0753. The third kappa shape index (κ3) is 4.07. The summed E-state index contributed by atoms with van der Waals surface area (Å²) < 4.78 is 14.3. The van der Waals surface area contributed by atoms with Crippen LogP contribution in [0.25, 0.3) is 5.65 Å². The molecule has 0 radical (unpaired) electrons. The lowest BCUT2D eigenvalue weighted by Crippen LogP contribution is -2.28. The van der Waals surface area contributed by atoms with Gasteiger partial charge < -0.3 is 10.6 Å². The Kier molecular flexibility index (Phi) is 5.56. The van der Waals surface area contributed by atoms with Crippen molar-refractivity contribution in [3.8, 4) is 0 Å². The zero-order chi connectivity index (χ0) is 21.1. The molecule has 154 valence electrons. The Morgan fingerprint density at radius 3 is 2.60 bits per heavy atom. The molecule has 0 spiro atoms. The van der Waals surface area contributed by atoms with Gasteiger partial charge in [0.2, 0.25) is 5.91 Å². The van der Waals surface area contributed by atoms with E-state index < -0.39 is 11.5 Å². The first-order valence-electron chi connectivity index (χ1n) is 9.87. The number of anilines is 1. The summed E-state index contributed by atoms with van der Waals surface area (Å²) in [6.45, 7) is 0.208. The van der Waals surface area contributed by atoms with Gasteiger partial charge in [-0.15, -0.1) is 0 Å². The van der Waals surface area contributed by atoms with Crippen molar-refractivity contribution in [1.29, 1.82) is 0 Å². The summed E-state index contributed by atoms with van der Waals surface area (Å²) in [7, 11) is 0. The molecule has 0 saturated heterocycles. The van der Waals surface area contributed by atoms with Crippen molar-refractivity contribution in [1.82, 2.24) is 14.7 Å². The molecule has 4 rings (SSSR count). The van der Waals surface area contributed by atoms with Crippen molar-refractivity contribution in [2.45, 2.75) is 32.2 Å². The lowest BCUT2D eigenvalue weighted by Gasteiger charge is -2.12. The molecule has 1 fully saturated rings. The second-order valence-electron chi connectivity index (χ2n) is 7.37.